The number of anilines is 1. The van der Waals surface area contributed by atoms with Crippen LogP contribution in [-0.2, 0) is 4.79 Å². The van der Waals surface area contributed by atoms with Gasteiger partial charge in [0.25, 0.3) is 0 Å². The number of aliphatic carboxylic acids is 1. The van der Waals surface area contributed by atoms with Crippen molar-refractivity contribution in [2.75, 3.05) is 11.4 Å². The van der Waals surface area contributed by atoms with Crippen molar-refractivity contribution in [2.24, 2.45) is 0 Å². The van der Waals surface area contributed by atoms with Crippen LogP contribution in [0.25, 0.3) is 0 Å². The highest BCUT2D eigenvalue weighted by Gasteiger charge is 2.37. The van der Waals surface area contributed by atoms with Crippen molar-refractivity contribution in [1.29, 1.82) is 0 Å². The van der Waals surface area contributed by atoms with Crippen molar-refractivity contribution in [1.82, 2.24) is 0 Å². The number of carbonyl (C=O) groups is 1. The van der Waals surface area contributed by atoms with E-state index in [1.807, 2.05) is 13.8 Å². The molecular formula is C14H18FNO2. The van der Waals surface area contributed by atoms with Crippen molar-refractivity contribution < 1.29 is 14.3 Å². The molecule has 1 aromatic carbocycles. The largest absolute Gasteiger partial charge is 0.480 e. The Balaban J connectivity index is 2.52. The number of hydrogen-bond acceptors (Lipinski definition) is 2. The third-order valence-corrected chi connectivity index (χ3v) is 3.64. The smallest absolute Gasteiger partial charge is 0.323 e. The summed E-state index contributed by atoms with van der Waals surface area (Å²) < 4.78 is 13.4. The Labute approximate surface area is 106 Å². The molecule has 1 heterocycles. The number of benzene rings is 1. The summed E-state index contributed by atoms with van der Waals surface area (Å²) in [7, 11) is 0. The molecule has 4 heteroatoms. The van der Waals surface area contributed by atoms with E-state index in [4.69, 9.17) is 5.11 Å². The lowest BCUT2D eigenvalue weighted by molar-refractivity contribution is -0.135. The van der Waals surface area contributed by atoms with E-state index in [1.165, 1.54) is 12.1 Å². The highest BCUT2D eigenvalue weighted by Crippen LogP contribution is 2.43. The number of carboxylic acids is 1. The highest BCUT2D eigenvalue weighted by molar-refractivity contribution is 5.76. The van der Waals surface area contributed by atoms with Gasteiger partial charge in [0.1, 0.15) is 12.4 Å². The van der Waals surface area contributed by atoms with Gasteiger partial charge in [0.05, 0.1) is 0 Å². The molecule has 0 saturated carbocycles. The minimum absolute atomic E-state index is 0.101. The molecule has 18 heavy (non-hydrogen) atoms. The number of nitrogens with zero attached hydrogens (tertiary/aromatic N) is 1. The fraction of sp³-hybridized carbons (Fsp3) is 0.500. The van der Waals surface area contributed by atoms with E-state index in [0.717, 1.165) is 12.0 Å². The monoisotopic (exact) mass is 251 g/mol. The van der Waals surface area contributed by atoms with Gasteiger partial charge in [-0.15, -0.1) is 0 Å². The van der Waals surface area contributed by atoms with Crippen LogP contribution < -0.4 is 4.90 Å². The van der Waals surface area contributed by atoms with Gasteiger partial charge >= 0.3 is 5.97 Å². The Hall–Kier alpha value is -1.58. The zero-order valence-electron chi connectivity index (χ0n) is 10.9. The van der Waals surface area contributed by atoms with Gasteiger partial charge in [-0.2, -0.15) is 0 Å². The van der Waals surface area contributed by atoms with E-state index in [1.54, 1.807) is 11.0 Å². The number of halogens is 1. The molecule has 1 aliphatic rings. The summed E-state index contributed by atoms with van der Waals surface area (Å²) in [5, 5.41) is 9.02. The predicted octanol–water partition coefficient (Wildman–Crippen LogP) is 3.00. The first-order valence-electron chi connectivity index (χ1n) is 6.10. The van der Waals surface area contributed by atoms with Crippen LogP contribution in [0.3, 0.4) is 0 Å². The first-order valence-corrected chi connectivity index (χ1v) is 6.10. The van der Waals surface area contributed by atoms with Gasteiger partial charge < -0.3 is 10.0 Å². The zero-order valence-corrected chi connectivity index (χ0v) is 10.9. The Kier molecular flexibility index (Phi) is 3.05. The lowest BCUT2D eigenvalue weighted by atomic mass is 9.80. The second kappa shape index (κ2) is 4.26. The minimum atomic E-state index is -0.896. The number of hydrogen-bond donors (Lipinski definition) is 1. The Morgan fingerprint density at radius 3 is 2.83 bits per heavy atom. The maximum Gasteiger partial charge on any atom is 0.323 e. The molecule has 0 fully saturated rings. The molecule has 0 aromatic heterocycles. The van der Waals surface area contributed by atoms with E-state index in [9.17, 15) is 9.18 Å². The molecule has 1 aliphatic heterocycles. The lowest BCUT2D eigenvalue weighted by Crippen LogP contribution is -2.50. The normalized spacial score (nSPS) is 21.6. The summed E-state index contributed by atoms with van der Waals surface area (Å²) in [6.07, 6.45) is 0.860. The molecule has 0 aliphatic carbocycles. The van der Waals surface area contributed by atoms with Crippen LogP contribution >= 0.6 is 0 Å². The molecule has 3 nitrogen and oxygen atoms in total. The quantitative estimate of drug-likeness (QED) is 0.878. The molecule has 0 saturated heterocycles. The molecule has 2 rings (SSSR count). The van der Waals surface area contributed by atoms with Gasteiger partial charge in [0, 0.05) is 11.2 Å². The van der Waals surface area contributed by atoms with Gasteiger partial charge in [-0.05, 0) is 43.9 Å². The number of carboxylic acid groups (broad SMARTS) is 1. The van der Waals surface area contributed by atoms with Crippen molar-refractivity contribution in [3.05, 3.63) is 29.6 Å². The lowest BCUT2D eigenvalue weighted by Gasteiger charge is -2.46. The number of fused-ring (bicyclic) bond motifs is 1. The van der Waals surface area contributed by atoms with Crippen LogP contribution in [0.15, 0.2) is 18.2 Å². The molecule has 98 valence electrons. The molecular weight excluding hydrogens is 233 g/mol. The van der Waals surface area contributed by atoms with Gasteiger partial charge in [-0.1, -0.05) is 13.0 Å². The van der Waals surface area contributed by atoms with Crippen molar-refractivity contribution in [3.63, 3.8) is 0 Å². The minimum Gasteiger partial charge on any atom is -0.480 e. The summed E-state index contributed by atoms with van der Waals surface area (Å²) in [6, 6.07) is 4.64. The topological polar surface area (TPSA) is 40.5 Å². The maximum absolute atomic E-state index is 13.4. The summed E-state index contributed by atoms with van der Waals surface area (Å²) in [5.41, 5.74) is 1.46. The maximum atomic E-state index is 13.4. The molecule has 1 N–H and O–H groups in total. The van der Waals surface area contributed by atoms with E-state index >= 15 is 0 Å². The van der Waals surface area contributed by atoms with Gasteiger partial charge in [-0.25, -0.2) is 4.39 Å². The van der Waals surface area contributed by atoms with E-state index in [2.05, 4.69) is 6.92 Å². The molecule has 0 bridgehead atoms. The summed E-state index contributed by atoms with van der Waals surface area (Å²) in [4.78, 5) is 12.8. The Bertz CT molecular complexity index is 485. The first kappa shape index (κ1) is 12.9. The fourth-order valence-electron chi connectivity index (χ4n) is 2.90. The third kappa shape index (κ3) is 2.19. The average molecular weight is 251 g/mol. The molecule has 0 amide bonds. The van der Waals surface area contributed by atoms with Crippen LogP contribution in [-0.4, -0.2) is 23.2 Å². The van der Waals surface area contributed by atoms with E-state index < -0.39 is 5.97 Å². The summed E-state index contributed by atoms with van der Waals surface area (Å²) in [5.74, 6) is -0.914. The third-order valence-electron chi connectivity index (χ3n) is 3.64. The van der Waals surface area contributed by atoms with Crippen LogP contribution in [0.1, 0.15) is 38.7 Å². The molecule has 0 spiro atoms. The summed E-state index contributed by atoms with van der Waals surface area (Å²) >= 11 is 0. The molecule has 0 radical (unpaired) electrons. The van der Waals surface area contributed by atoms with Crippen molar-refractivity contribution >= 4 is 11.7 Å². The van der Waals surface area contributed by atoms with Crippen LogP contribution in [0.4, 0.5) is 10.1 Å². The summed E-state index contributed by atoms with van der Waals surface area (Å²) in [6.45, 7) is 5.99. The predicted molar refractivity (Wildman–Crippen MR) is 68.5 cm³/mol. The SMILES string of the molecule is C[C@@H]1CC(C)(C)N(CC(=O)O)c2cc(F)ccc21. The van der Waals surface area contributed by atoms with Crippen molar-refractivity contribution in [3.8, 4) is 0 Å². The zero-order chi connectivity index (χ0) is 13.5. The van der Waals surface area contributed by atoms with Gasteiger partial charge in [0.2, 0.25) is 0 Å². The number of rotatable bonds is 2. The Morgan fingerprint density at radius 1 is 1.56 bits per heavy atom. The van der Waals surface area contributed by atoms with E-state index in [0.29, 0.717) is 11.6 Å². The van der Waals surface area contributed by atoms with Crippen LogP contribution in [0.5, 0.6) is 0 Å². The fourth-order valence-corrected chi connectivity index (χ4v) is 2.90. The van der Waals surface area contributed by atoms with Crippen LogP contribution in [0.2, 0.25) is 0 Å². The van der Waals surface area contributed by atoms with Gasteiger partial charge in [0.15, 0.2) is 0 Å². The van der Waals surface area contributed by atoms with E-state index in [-0.39, 0.29) is 17.9 Å². The highest BCUT2D eigenvalue weighted by atomic mass is 19.1. The second-order valence-corrected chi connectivity index (χ2v) is 5.60. The molecule has 1 aromatic rings. The standard InChI is InChI=1S/C14H18FNO2/c1-9-7-14(2,3)16(8-13(17)18)12-6-10(15)4-5-11(9)12/h4-6,9H,7-8H2,1-3H3,(H,17,18)/t9-/m1/s1. The second-order valence-electron chi connectivity index (χ2n) is 5.60. The van der Waals surface area contributed by atoms with Gasteiger partial charge in [-0.3, -0.25) is 4.79 Å². The van der Waals surface area contributed by atoms with Crippen LogP contribution in [0, 0.1) is 5.82 Å². The molecule has 0 unspecified atom stereocenters. The van der Waals surface area contributed by atoms with Crippen molar-refractivity contribution in [2.45, 2.75) is 38.6 Å². The Morgan fingerprint density at radius 2 is 2.22 bits per heavy atom. The average Bonchev–Trinajstić information content (AvgIpc) is 2.23. The first-order chi connectivity index (χ1) is 8.31. The molecule has 1 atom stereocenters.